The molecule has 0 saturated carbocycles. The van der Waals surface area contributed by atoms with Crippen LogP contribution in [0.25, 0.3) is 0 Å². The van der Waals surface area contributed by atoms with Crippen molar-refractivity contribution < 1.29 is 9.34 Å². The number of benzene rings is 1. The normalized spacial score (nSPS) is 10.5. The predicted molar refractivity (Wildman–Crippen MR) is 83.2 cm³/mol. The highest BCUT2D eigenvalue weighted by molar-refractivity contribution is 8.01. The molecule has 1 aromatic carbocycles. The van der Waals surface area contributed by atoms with Gasteiger partial charge < -0.3 is 9.73 Å². The fourth-order valence-corrected chi connectivity index (χ4v) is 3.50. The highest BCUT2D eigenvalue weighted by Crippen LogP contribution is 2.36. The molecule has 0 aliphatic carbocycles. The maximum Gasteiger partial charge on any atom is 0.283 e. The number of para-hydroxylation sites is 1. The molecule has 0 bridgehead atoms. The van der Waals surface area contributed by atoms with Gasteiger partial charge in [-0.2, -0.15) is 0 Å². The average Bonchev–Trinajstić information content (AvgIpc) is 3.17. The molecule has 22 heavy (non-hydrogen) atoms. The van der Waals surface area contributed by atoms with Crippen LogP contribution in [0.1, 0.15) is 5.76 Å². The van der Waals surface area contributed by atoms with Gasteiger partial charge in [-0.25, -0.2) is 0 Å². The lowest BCUT2D eigenvalue weighted by molar-refractivity contribution is -0.387. The first-order valence-electron chi connectivity index (χ1n) is 6.23. The standard InChI is InChI=1S/C13H10N4O3S2/c18-17(19)10-5-1-2-6-11(10)21-13-16-15-12(22-13)14-8-9-4-3-7-20-9/h1-7H,8H2,(H,14,15). The minimum atomic E-state index is -0.403. The summed E-state index contributed by atoms with van der Waals surface area (Å²) in [4.78, 5) is 11.1. The van der Waals surface area contributed by atoms with Crippen LogP contribution in [0.5, 0.6) is 0 Å². The number of rotatable bonds is 6. The van der Waals surface area contributed by atoms with Gasteiger partial charge in [0.15, 0.2) is 4.34 Å². The zero-order valence-corrected chi connectivity index (χ0v) is 12.8. The molecule has 3 aromatic rings. The number of furan rings is 1. The lowest BCUT2D eigenvalue weighted by atomic mass is 10.3. The molecule has 0 spiro atoms. The minimum absolute atomic E-state index is 0.0628. The Bertz CT molecular complexity index is 773. The monoisotopic (exact) mass is 334 g/mol. The van der Waals surface area contributed by atoms with Crippen LogP contribution in [0.4, 0.5) is 10.8 Å². The maximum absolute atomic E-state index is 11.0. The molecule has 0 fully saturated rings. The van der Waals surface area contributed by atoms with Crippen LogP contribution < -0.4 is 5.32 Å². The Kier molecular flexibility index (Phi) is 4.35. The van der Waals surface area contributed by atoms with Gasteiger partial charge in [-0.1, -0.05) is 23.5 Å². The first kappa shape index (κ1) is 14.5. The van der Waals surface area contributed by atoms with Crippen molar-refractivity contribution in [3.63, 3.8) is 0 Å². The molecule has 0 atom stereocenters. The molecular weight excluding hydrogens is 324 g/mol. The number of hydrogen-bond acceptors (Lipinski definition) is 8. The number of nitro benzene ring substituents is 1. The van der Waals surface area contributed by atoms with Crippen molar-refractivity contribution in [3.05, 3.63) is 58.5 Å². The van der Waals surface area contributed by atoms with Crippen molar-refractivity contribution in [2.45, 2.75) is 15.8 Å². The van der Waals surface area contributed by atoms with Crippen molar-refractivity contribution >= 4 is 33.9 Å². The topological polar surface area (TPSA) is 94.1 Å². The Morgan fingerprint density at radius 2 is 2.14 bits per heavy atom. The zero-order valence-electron chi connectivity index (χ0n) is 11.1. The van der Waals surface area contributed by atoms with E-state index in [-0.39, 0.29) is 5.69 Å². The van der Waals surface area contributed by atoms with Gasteiger partial charge in [0.1, 0.15) is 5.76 Å². The summed E-state index contributed by atoms with van der Waals surface area (Å²) in [7, 11) is 0. The van der Waals surface area contributed by atoms with Gasteiger partial charge in [-0.05, 0) is 30.0 Å². The second kappa shape index (κ2) is 6.58. The third kappa shape index (κ3) is 3.43. The molecule has 0 radical (unpaired) electrons. The van der Waals surface area contributed by atoms with E-state index in [2.05, 4.69) is 15.5 Å². The summed E-state index contributed by atoms with van der Waals surface area (Å²) < 4.78 is 5.85. The van der Waals surface area contributed by atoms with E-state index in [0.717, 1.165) is 5.76 Å². The maximum atomic E-state index is 11.0. The van der Waals surface area contributed by atoms with Gasteiger partial charge in [0.2, 0.25) is 5.13 Å². The Labute approximate surface area is 133 Å². The van der Waals surface area contributed by atoms with Crippen molar-refractivity contribution in [2.24, 2.45) is 0 Å². The van der Waals surface area contributed by atoms with E-state index in [1.807, 2.05) is 12.1 Å². The van der Waals surface area contributed by atoms with Crippen LogP contribution in [0.3, 0.4) is 0 Å². The average molecular weight is 334 g/mol. The van der Waals surface area contributed by atoms with Gasteiger partial charge in [-0.3, -0.25) is 10.1 Å². The van der Waals surface area contributed by atoms with Gasteiger partial charge >= 0.3 is 0 Å². The lowest BCUT2D eigenvalue weighted by Crippen LogP contribution is -1.96. The quantitative estimate of drug-likeness (QED) is 0.541. The largest absolute Gasteiger partial charge is 0.467 e. The van der Waals surface area contributed by atoms with Gasteiger partial charge in [0.05, 0.1) is 22.6 Å². The molecule has 0 aliphatic rings. The lowest BCUT2D eigenvalue weighted by Gasteiger charge is -1.99. The predicted octanol–water partition coefficient (Wildman–Crippen LogP) is 3.80. The van der Waals surface area contributed by atoms with Crippen molar-refractivity contribution in [3.8, 4) is 0 Å². The third-order valence-corrected chi connectivity index (χ3v) is 4.66. The number of nitrogens with one attached hydrogen (secondary N) is 1. The van der Waals surface area contributed by atoms with Crippen LogP contribution >= 0.6 is 23.1 Å². The molecule has 0 aliphatic heterocycles. The molecule has 0 unspecified atom stereocenters. The molecule has 3 rings (SSSR count). The van der Waals surface area contributed by atoms with Crippen LogP contribution in [0, 0.1) is 10.1 Å². The number of nitro groups is 1. The summed E-state index contributed by atoms with van der Waals surface area (Å²) in [6, 6.07) is 10.2. The molecular formula is C13H10N4O3S2. The molecule has 0 amide bonds. The molecule has 0 saturated heterocycles. The zero-order chi connectivity index (χ0) is 15.4. The van der Waals surface area contributed by atoms with E-state index in [0.29, 0.717) is 20.9 Å². The Morgan fingerprint density at radius 1 is 1.27 bits per heavy atom. The fourth-order valence-electron chi connectivity index (χ4n) is 1.69. The van der Waals surface area contributed by atoms with E-state index >= 15 is 0 Å². The third-order valence-electron chi connectivity index (χ3n) is 2.66. The summed E-state index contributed by atoms with van der Waals surface area (Å²) in [5, 5.41) is 22.8. The summed E-state index contributed by atoms with van der Waals surface area (Å²) >= 11 is 2.56. The summed E-state index contributed by atoms with van der Waals surface area (Å²) in [5.74, 6) is 0.795. The van der Waals surface area contributed by atoms with E-state index in [9.17, 15) is 10.1 Å². The van der Waals surface area contributed by atoms with Crippen LogP contribution in [0.2, 0.25) is 0 Å². The van der Waals surface area contributed by atoms with Gasteiger partial charge in [0.25, 0.3) is 5.69 Å². The van der Waals surface area contributed by atoms with Crippen LogP contribution in [-0.2, 0) is 6.54 Å². The summed E-state index contributed by atoms with van der Waals surface area (Å²) in [5.41, 5.74) is 0.0628. The number of anilines is 1. The van der Waals surface area contributed by atoms with Crippen molar-refractivity contribution in [1.29, 1.82) is 0 Å². The Hall–Kier alpha value is -2.39. The van der Waals surface area contributed by atoms with E-state index < -0.39 is 4.92 Å². The molecule has 9 heteroatoms. The SMILES string of the molecule is O=[N+]([O-])c1ccccc1Sc1nnc(NCc2ccco2)s1. The fraction of sp³-hybridized carbons (Fsp3) is 0.0769. The van der Waals surface area contributed by atoms with Crippen molar-refractivity contribution in [1.82, 2.24) is 10.2 Å². The number of aromatic nitrogens is 2. The van der Waals surface area contributed by atoms with Gasteiger partial charge in [-0.15, -0.1) is 10.2 Å². The highest BCUT2D eigenvalue weighted by Gasteiger charge is 2.15. The van der Waals surface area contributed by atoms with Crippen LogP contribution in [0.15, 0.2) is 56.3 Å². The number of hydrogen-bond donors (Lipinski definition) is 1. The van der Waals surface area contributed by atoms with Crippen LogP contribution in [-0.4, -0.2) is 15.1 Å². The first-order valence-corrected chi connectivity index (χ1v) is 7.87. The first-order chi connectivity index (χ1) is 10.7. The Balaban J connectivity index is 1.68. The second-order valence-corrected chi connectivity index (χ2v) is 6.40. The number of nitrogens with zero attached hydrogens (tertiary/aromatic N) is 3. The summed E-state index contributed by atoms with van der Waals surface area (Å²) in [6.07, 6.45) is 1.60. The highest BCUT2D eigenvalue weighted by atomic mass is 32.2. The Morgan fingerprint density at radius 3 is 2.91 bits per heavy atom. The van der Waals surface area contributed by atoms with Gasteiger partial charge in [0, 0.05) is 6.07 Å². The summed E-state index contributed by atoms with van der Waals surface area (Å²) in [6.45, 7) is 0.512. The molecule has 2 aromatic heterocycles. The van der Waals surface area contributed by atoms with E-state index in [1.54, 1.807) is 24.5 Å². The minimum Gasteiger partial charge on any atom is -0.467 e. The molecule has 1 N–H and O–H groups in total. The second-order valence-electron chi connectivity index (χ2n) is 4.13. The molecule has 7 nitrogen and oxygen atoms in total. The molecule has 2 heterocycles. The van der Waals surface area contributed by atoms with E-state index in [4.69, 9.17) is 4.42 Å². The van der Waals surface area contributed by atoms with E-state index in [1.165, 1.54) is 29.2 Å². The van der Waals surface area contributed by atoms with Crippen molar-refractivity contribution in [2.75, 3.05) is 5.32 Å². The molecule has 112 valence electrons. The smallest absolute Gasteiger partial charge is 0.283 e.